The van der Waals surface area contributed by atoms with Crippen LogP contribution >= 0.6 is 12.6 Å². The first-order valence-corrected chi connectivity index (χ1v) is 3.58. The number of carbonyl (C=O) groups is 1. The molecule has 0 amide bonds. The van der Waals surface area contributed by atoms with E-state index in [0.717, 1.165) is 6.42 Å². The molecule has 1 unspecified atom stereocenters. The van der Waals surface area contributed by atoms with Crippen LogP contribution in [0.15, 0.2) is 0 Å². The second-order valence-electron chi connectivity index (χ2n) is 1.99. The van der Waals surface area contributed by atoms with E-state index in [4.69, 9.17) is 5.11 Å². The van der Waals surface area contributed by atoms with Crippen molar-refractivity contribution in [3.05, 3.63) is 0 Å². The summed E-state index contributed by atoms with van der Waals surface area (Å²) in [6, 6.07) is 0. The molecule has 0 aliphatic heterocycles. The summed E-state index contributed by atoms with van der Waals surface area (Å²) in [5.74, 6) is -0.734. The minimum Gasteiger partial charge on any atom is -0.481 e. The van der Waals surface area contributed by atoms with Gasteiger partial charge in [-0.1, -0.05) is 6.92 Å². The maximum atomic E-state index is 9.99. The van der Waals surface area contributed by atoms with E-state index in [2.05, 4.69) is 12.6 Å². The fourth-order valence-corrected chi connectivity index (χ4v) is 0.623. The molecule has 0 heterocycles. The lowest BCUT2D eigenvalue weighted by molar-refractivity contribution is -0.137. The highest BCUT2D eigenvalue weighted by molar-refractivity contribution is 7.80. The lowest BCUT2D eigenvalue weighted by Gasteiger charge is -2.02. The van der Waals surface area contributed by atoms with Gasteiger partial charge in [0.05, 0.1) is 0 Å². The number of hydrogen-bond acceptors (Lipinski definition) is 2. The zero-order chi connectivity index (χ0) is 7.28. The Labute approximate surface area is 60.7 Å². The van der Waals surface area contributed by atoms with E-state index >= 15 is 0 Å². The minimum atomic E-state index is -0.734. The third kappa shape index (κ3) is 5.69. The normalized spacial score (nSPS) is 13.1. The Balaban J connectivity index is 3.16. The Hall–Kier alpha value is -0.180. The van der Waals surface area contributed by atoms with E-state index in [1.807, 2.05) is 6.92 Å². The second-order valence-corrected chi connectivity index (χ2v) is 2.72. The molecule has 0 bridgehead atoms. The van der Waals surface area contributed by atoms with E-state index in [1.165, 1.54) is 0 Å². The molecule has 0 aromatic rings. The first-order valence-electron chi connectivity index (χ1n) is 3.06. The average molecular weight is 148 g/mol. The summed E-state index contributed by atoms with van der Waals surface area (Å²) in [6.07, 6.45) is 1.85. The molecule has 54 valence electrons. The molecule has 0 aliphatic rings. The van der Waals surface area contributed by atoms with Crippen LogP contribution < -0.4 is 0 Å². The van der Waals surface area contributed by atoms with Crippen molar-refractivity contribution in [2.75, 3.05) is 0 Å². The number of thiol groups is 1. The smallest absolute Gasteiger partial charge is 0.303 e. The molecule has 0 fully saturated rings. The van der Waals surface area contributed by atoms with E-state index in [1.54, 1.807) is 0 Å². The maximum absolute atomic E-state index is 9.99. The molecular formula is C6H12O2S. The van der Waals surface area contributed by atoms with Crippen LogP contribution in [0.2, 0.25) is 0 Å². The quantitative estimate of drug-likeness (QED) is 0.594. The van der Waals surface area contributed by atoms with Gasteiger partial charge in [-0.15, -0.1) is 0 Å². The standard InChI is InChI=1S/C6H12O2S/c1-2-5(9)3-4-6(7)8/h5,9H,2-4H2,1H3,(H,7,8). The van der Waals surface area contributed by atoms with Gasteiger partial charge in [-0.3, -0.25) is 4.79 Å². The van der Waals surface area contributed by atoms with Gasteiger partial charge in [0.25, 0.3) is 0 Å². The van der Waals surface area contributed by atoms with Crippen LogP contribution in [0, 0.1) is 0 Å². The van der Waals surface area contributed by atoms with Gasteiger partial charge in [-0.05, 0) is 12.8 Å². The Morgan fingerprint density at radius 1 is 1.78 bits per heavy atom. The number of hydrogen-bond donors (Lipinski definition) is 2. The van der Waals surface area contributed by atoms with Crippen molar-refractivity contribution in [2.45, 2.75) is 31.4 Å². The van der Waals surface area contributed by atoms with Crippen molar-refractivity contribution in [1.82, 2.24) is 0 Å². The highest BCUT2D eigenvalue weighted by Crippen LogP contribution is 2.07. The zero-order valence-corrected chi connectivity index (χ0v) is 6.40. The van der Waals surface area contributed by atoms with Crippen LogP contribution in [0.25, 0.3) is 0 Å². The molecule has 1 N–H and O–H groups in total. The summed E-state index contributed by atoms with van der Waals surface area (Å²) < 4.78 is 0. The molecule has 3 heteroatoms. The maximum Gasteiger partial charge on any atom is 0.303 e. The van der Waals surface area contributed by atoms with E-state index in [-0.39, 0.29) is 11.7 Å². The van der Waals surface area contributed by atoms with Gasteiger partial charge in [0.1, 0.15) is 0 Å². The van der Waals surface area contributed by atoms with Crippen molar-refractivity contribution in [3.8, 4) is 0 Å². The van der Waals surface area contributed by atoms with Crippen LogP contribution in [-0.4, -0.2) is 16.3 Å². The molecule has 0 aromatic carbocycles. The van der Waals surface area contributed by atoms with Gasteiger partial charge in [0.15, 0.2) is 0 Å². The molecular weight excluding hydrogens is 136 g/mol. The van der Waals surface area contributed by atoms with E-state index in [0.29, 0.717) is 6.42 Å². The molecule has 0 radical (unpaired) electrons. The number of rotatable bonds is 4. The van der Waals surface area contributed by atoms with Crippen molar-refractivity contribution in [3.63, 3.8) is 0 Å². The van der Waals surface area contributed by atoms with Gasteiger partial charge < -0.3 is 5.11 Å². The lowest BCUT2D eigenvalue weighted by Crippen LogP contribution is -2.01. The SMILES string of the molecule is CCC(S)CCC(=O)O. The van der Waals surface area contributed by atoms with Crippen molar-refractivity contribution >= 4 is 18.6 Å². The summed E-state index contributed by atoms with van der Waals surface area (Å²) in [7, 11) is 0. The fraction of sp³-hybridized carbons (Fsp3) is 0.833. The predicted molar refractivity (Wildman–Crippen MR) is 39.9 cm³/mol. The van der Waals surface area contributed by atoms with Crippen LogP contribution in [0.4, 0.5) is 0 Å². The fourth-order valence-electron chi connectivity index (χ4n) is 0.494. The average Bonchev–Trinajstić information content (AvgIpc) is 1.83. The Morgan fingerprint density at radius 2 is 2.33 bits per heavy atom. The monoisotopic (exact) mass is 148 g/mol. The summed E-state index contributed by atoms with van der Waals surface area (Å²) in [5.41, 5.74) is 0. The third-order valence-corrected chi connectivity index (χ3v) is 1.79. The van der Waals surface area contributed by atoms with Crippen molar-refractivity contribution in [2.24, 2.45) is 0 Å². The van der Waals surface area contributed by atoms with Crippen LogP contribution in [0.1, 0.15) is 26.2 Å². The highest BCUT2D eigenvalue weighted by atomic mass is 32.1. The molecule has 0 aliphatic carbocycles. The van der Waals surface area contributed by atoms with Crippen LogP contribution in [0.3, 0.4) is 0 Å². The largest absolute Gasteiger partial charge is 0.481 e. The first-order chi connectivity index (χ1) is 4.16. The Bertz CT molecular complexity index is 93.1. The number of aliphatic carboxylic acids is 1. The third-order valence-electron chi connectivity index (χ3n) is 1.16. The van der Waals surface area contributed by atoms with Crippen LogP contribution in [-0.2, 0) is 4.79 Å². The highest BCUT2D eigenvalue weighted by Gasteiger charge is 2.02. The number of carboxylic acid groups (broad SMARTS) is 1. The summed E-state index contributed by atoms with van der Waals surface area (Å²) in [4.78, 5) is 9.99. The van der Waals surface area contributed by atoms with Gasteiger partial charge in [-0.25, -0.2) is 0 Å². The van der Waals surface area contributed by atoms with Gasteiger partial charge in [0, 0.05) is 11.7 Å². The molecule has 9 heavy (non-hydrogen) atoms. The summed E-state index contributed by atoms with van der Waals surface area (Å²) >= 11 is 4.14. The van der Waals surface area contributed by atoms with Crippen molar-refractivity contribution in [1.29, 1.82) is 0 Å². The predicted octanol–water partition coefficient (Wildman–Crippen LogP) is 1.56. The van der Waals surface area contributed by atoms with Crippen molar-refractivity contribution < 1.29 is 9.90 Å². The summed E-state index contributed by atoms with van der Waals surface area (Å²) in [6.45, 7) is 2.00. The van der Waals surface area contributed by atoms with E-state index in [9.17, 15) is 4.79 Å². The Morgan fingerprint density at radius 3 is 2.67 bits per heavy atom. The minimum absolute atomic E-state index is 0.238. The van der Waals surface area contributed by atoms with E-state index < -0.39 is 5.97 Å². The van der Waals surface area contributed by atoms with Gasteiger partial charge >= 0.3 is 5.97 Å². The molecule has 0 spiro atoms. The Kier molecular flexibility index (Phi) is 4.58. The first kappa shape index (κ1) is 8.82. The molecule has 0 aromatic heterocycles. The van der Waals surface area contributed by atoms with Gasteiger partial charge in [-0.2, -0.15) is 12.6 Å². The molecule has 2 nitrogen and oxygen atoms in total. The second kappa shape index (κ2) is 4.68. The molecule has 0 saturated heterocycles. The van der Waals surface area contributed by atoms with Gasteiger partial charge in [0.2, 0.25) is 0 Å². The van der Waals surface area contributed by atoms with Crippen LogP contribution in [0.5, 0.6) is 0 Å². The lowest BCUT2D eigenvalue weighted by atomic mass is 10.2. The number of carboxylic acids is 1. The summed E-state index contributed by atoms with van der Waals surface area (Å²) in [5, 5.41) is 8.47. The topological polar surface area (TPSA) is 37.3 Å². The zero-order valence-electron chi connectivity index (χ0n) is 5.50. The molecule has 0 saturated carbocycles. The molecule has 1 atom stereocenters. The molecule has 0 rings (SSSR count).